The number of carbonyl (C=O) groups excluding carboxylic acids is 1. The molecule has 0 atom stereocenters. The Bertz CT molecular complexity index is 2900. The van der Waals surface area contributed by atoms with Gasteiger partial charge in [-0.25, -0.2) is 57.5 Å². The zero-order valence-corrected chi connectivity index (χ0v) is 38.9. The number of nitro benzene ring substituents is 3. The van der Waals surface area contributed by atoms with Crippen LogP contribution in [0.4, 0.5) is 113 Å². The smallest absolute Gasteiger partial charge is 0.411 e. The summed E-state index contributed by atoms with van der Waals surface area (Å²) in [5.41, 5.74) is 10.2. The van der Waals surface area contributed by atoms with Gasteiger partial charge in [0.25, 0.3) is 11.4 Å². The standard InChI is InChI=1S/C16H16F3N3O2.C13H10F3N3O2.C6HF4NO2.C6H3F3N2O2.2CH4O.H3N/c1-2-24-16(23)22-12-7-11(18)15(13(19)14(12)20)21-8-9-3-5-10(17)6-4-9;14-8-3-1-7(2-4-8)6-18-13-9(15)5-10(19(20)21)12(17)11(13)16;7-2-1-3(11(12)13)5(9)6(10)4(2)8;7-2-1-3(11(12)13)6(10)5(9)4(2)8;2*1-2;/h3-7,21H,2,8,20H2,1H3,(H,22,23);1-5,18H,6,17H2;1H;1H,10H2;2*2H,1H3;1H3. The Kier molecular flexibility index (Phi) is 27.6. The molecule has 6 aromatic carbocycles. The molecule has 0 unspecified atom stereocenters. The third kappa shape index (κ3) is 18.4. The van der Waals surface area contributed by atoms with E-state index in [1.54, 1.807) is 6.92 Å². The number of amides is 1. The number of rotatable bonds is 11. The summed E-state index contributed by atoms with van der Waals surface area (Å²) in [4.78, 5) is 38.6. The molecule has 0 heterocycles. The van der Waals surface area contributed by atoms with Crippen molar-refractivity contribution >= 4 is 57.3 Å². The van der Waals surface area contributed by atoms with Crippen LogP contribution in [0.1, 0.15) is 18.1 Å². The average Bonchev–Trinajstić information content (AvgIpc) is 3.37. The Balaban J connectivity index is 0.000000990. The van der Waals surface area contributed by atoms with Crippen LogP contribution in [0.25, 0.3) is 0 Å². The molecule has 0 aliphatic carbocycles. The van der Waals surface area contributed by atoms with Gasteiger partial charge in [-0.05, 0) is 42.3 Å². The van der Waals surface area contributed by atoms with Crippen LogP contribution in [0.5, 0.6) is 0 Å². The maximum absolute atomic E-state index is 14.2. The molecule has 0 aromatic heterocycles. The van der Waals surface area contributed by atoms with Crippen LogP contribution in [-0.4, -0.2) is 51.9 Å². The van der Waals surface area contributed by atoms with Gasteiger partial charge in [0, 0.05) is 33.4 Å². The number of halogens is 13. The van der Waals surface area contributed by atoms with E-state index in [-0.39, 0.29) is 43.7 Å². The fourth-order valence-corrected chi connectivity index (χ4v) is 5.14. The van der Waals surface area contributed by atoms with E-state index >= 15 is 0 Å². The van der Waals surface area contributed by atoms with Crippen LogP contribution in [0.15, 0.2) is 72.8 Å². The Morgan fingerprint density at radius 1 is 0.500 bits per heavy atom. The SMILES string of the molecule is CCOC(=O)Nc1cc(F)c(NCc2ccc(F)cc2)c(F)c1N.CO.CO.N.Nc1c([N+](=O)[O-])cc(F)c(F)c1F.Nc1c([N+](=O)[O-])cc(F)c(NCc2ccc(F)cc2)c1F.O=[N+]([O-])c1cc(F)c(F)c(F)c1F. The van der Waals surface area contributed by atoms with Gasteiger partial charge in [0.15, 0.2) is 52.4 Å². The van der Waals surface area contributed by atoms with E-state index in [1.807, 2.05) is 0 Å². The first-order chi connectivity index (χ1) is 35.2. The van der Waals surface area contributed by atoms with E-state index in [9.17, 15) is 92.2 Å². The highest BCUT2D eigenvalue weighted by atomic mass is 19.2. The summed E-state index contributed by atoms with van der Waals surface area (Å²) in [5.74, 6) is -18.4. The lowest BCUT2D eigenvalue weighted by Crippen LogP contribution is -2.16. The van der Waals surface area contributed by atoms with Crippen molar-refractivity contribution in [2.45, 2.75) is 20.0 Å². The predicted octanol–water partition coefficient (Wildman–Crippen LogP) is 10.2. The molecule has 76 heavy (non-hydrogen) atoms. The van der Waals surface area contributed by atoms with Gasteiger partial charge in [0.05, 0.1) is 51.0 Å². The largest absolute Gasteiger partial charge is 0.450 e. The monoisotopic (exact) mass is 1100 g/mol. The first-order valence-corrected chi connectivity index (χ1v) is 19.8. The minimum absolute atomic E-state index is 0. The van der Waals surface area contributed by atoms with Crippen molar-refractivity contribution in [1.82, 2.24) is 6.15 Å². The number of nitrogens with two attached hydrogens (primary N) is 3. The minimum atomic E-state index is -2.19. The van der Waals surface area contributed by atoms with E-state index in [0.717, 1.165) is 20.3 Å². The molecule has 0 spiro atoms. The molecular weight excluding hydrogens is 1060 g/mol. The Labute approximate surface area is 418 Å². The van der Waals surface area contributed by atoms with Crippen LogP contribution < -0.4 is 39.3 Å². The molecule has 0 aliphatic heterocycles. The number of carbonyl (C=O) groups is 1. The lowest BCUT2D eigenvalue weighted by Gasteiger charge is -2.14. The molecule has 0 bridgehead atoms. The summed E-state index contributed by atoms with van der Waals surface area (Å²) in [6.45, 7) is 1.77. The van der Waals surface area contributed by atoms with E-state index < -0.39 is 142 Å². The molecule has 1 amide bonds. The molecule has 6 aromatic rings. The summed E-state index contributed by atoms with van der Waals surface area (Å²) in [6, 6.07) is 12.4. The van der Waals surface area contributed by atoms with Gasteiger partial charge in [-0.2, -0.15) is 4.39 Å². The summed E-state index contributed by atoms with van der Waals surface area (Å²) in [5, 5.41) is 51.8. The lowest BCUT2D eigenvalue weighted by atomic mass is 10.2. The number of aliphatic hydroxyl groups excluding tert-OH is 2. The van der Waals surface area contributed by atoms with Gasteiger partial charge >= 0.3 is 11.8 Å². The highest BCUT2D eigenvalue weighted by Gasteiger charge is 2.27. The van der Waals surface area contributed by atoms with Crippen LogP contribution >= 0.6 is 0 Å². The number of benzene rings is 6. The lowest BCUT2D eigenvalue weighted by molar-refractivity contribution is -0.388. The second kappa shape index (κ2) is 31.4. The van der Waals surface area contributed by atoms with Gasteiger partial charge < -0.3 is 48.9 Å². The van der Waals surface area contributed by atoms with Crippen LogP contribution in [-0.2, 0) is 17.8 Å². The van der Waals surface area contributed by atoms with E-state index in [2.05, 4.69) is 20.7 Å². The van der Waals surface area contributed by atoms with Crippen molar-refractivity contribution in [1.29, 1.82) is 0 Å². The van der Waals surface area contributed by atoms with Gasteiger partial charge in [-0.15, -0.1) is 0 Å². The van der Waals surface area contributed by atoms with Crippen molar-refractivity contribution in [3.05, 3.63) is 190 Å². The fourth-order valence-electron chi connectivity index (χ4n) is 5.14. The summed E-state index contributed by atoms with van der Waals surface area (Å²) in [7, 11) is 2.00. The second-order valence-corrected chi connectivity index (χ2v) is 13.3. The molecule has 0 fully saturated rings. The number of anilines is 6. The molecule has 20 nitrogen and oxygen atoms in total. The Morgan fingerprint density at radius 3 is 1.24 bits per heavy atom. The van der Waals surface area contributed by atoms with Crippen molar-refractivity contribution in [3.63, 3.8) is 0 Å². The third-order valence-corrected chi connectivity index (χ3v) is 8.62. The van der Waals surface area contributed by atoms with Gasteiger partial charge in [0.2, 0.25) is 11.6 Å². The topological polar surface area (TPSA) is 345 Å². The van der Waals surface area contributed by atoms with Crippen molar-refractivity contribution in [2.24, 2.45) is 0 Å². The normalized spacial score (nSPS) is 9.76. The van der Waals surface area contributed by atoms with Crippen molar-refractivity contribution < 1.29 is 91.6 Å². The van der Waals surface area contributed by atoms with Crippen LogP contribution in [0, 0.1) is 106 Å². The highest BCUT2D eigenvalue weighted by Crippen LogP contribution is 2.34. The van der Waals surface area contributed by atoms with E-state index in [4.69, 9.17) is 27.4 Å². The minimum Gasteiger partial charge on any atom is -0.450 e. The number of hydrogen-bond donors (Lipinski definition) is 9. The number of aliphatic hydroxyl groups is 2. The molecule has 6 rings (SSSR count). The van der Waals surface area contributed by atoms with Crippen molar-refractivity contribution in [3.8, 4) is 0 Å². The fraction of sp³-hybridized carbons (Fsp3) is 0.140. The molecule has 414 valence electrons. The highest BCUT2D eigenvalue weighted by molar-refractivity contribution is 5.90. The number of ether oxygens (including phenoxy) is 1. The molecular formula is C43H41F13N10O10. The Morgan fingerprint density at radius 2 is 0.842 bits per heavy atom. The van der Waals surface area contributed by atoms with Gasteiger partial charge in [-0.3, -0.25) is 35.7 Å². The number of nitrogens with zero attached hydrogens (tertiary/aromatic N) is 3. The Hall–Kier alpha value is -9.24. The maximum Gasteiger partial charge on any atom is 0.411 e. The number of nitro groups is 3. The first kappa shape index (κ1) is 66.8. The second-order valence-electron chi connectivity index (χ2n) is 13.3. The van der Waals surface area contributed by atoms with Crippen LogP contribution in [0.2, 0.25) is 0 Å². The van der Waals surface area contributed by atoms with Gasteiger partial charge in [0.1, 0.15) is 34.4 Å². The zero-order chi connectivity index (χ0) is 57.6. The number of hydrogen-bond acceptors (Lipinski definition) is 16. The van der Waals surface area contributed by atoms with E-state index in [0.29, 0.717) is 17.2 Å². The first-order valence-electron chi connectivity index (χ1n) is 19.8. The molecule has 0 saturated carbocycles. The number of nitrogen functional groups attached to an aromatic ring is 3. The van der Waals surface area contributed by atoms with Crippen molar-refractivity contribution in [2.75, 3.05) is 54.0 Å². The molecule has 0 radical (unpaired) electrons. The summed E-state index contributed by atoms with van der Waals surface area (Å²) in [6.07, 6.45) is -0.866. The number of nitrogens with one attached hydrogen (secondary N) is 3. The maximum atomic E-state index is 14.2. The third-order valence-electron chi connectivity index (χ3n) is 8.62. The zero-order valence-electron chi connectivity index (χ0n) is 38.9. The molecule has 0 aliphatic rings. The molecule has 14 N–H and O–H groups in total. The summed E-state index contributed by atoms with van der Waals surface area (Å²) >= 11 is 0. The molecule has 33 heteroatoms. The average molecular weight is 1100 g/mol. The van der Waals surface area contributed by atoms with E-state index in [1.165, 1.54) is 48.5 Å². The molecule has 0 saturated heterocycles. The quantitative estimate of drug-likeness (QED) is 0.0145. The van der Waals surface area contributed by atoms with Gasteiger partial charge in [-0.1, -0.05) is 24.3 Å². The predicted molar refractivity (Wildman–Crippen MR) is 248 cm³/mol. The van der Waals surface area contributed by atoms with Crippen LogP contribution in [0.3, 0.4) is 0 Å². The summed E-state index contributed by atoms with van der Waals surface area (Å²) < 4.78 is 173.